The molecule has 1 aromatic heterocycles. The predicted molar refractivity (Wildman–Crippen MR) is 110 cm³/mol. The number of methoxy groups -OCH3 is 1. The van der Waals surface area contributed by atoms with E-state index in [1.165, 1.54) is 5.56 Å². The summed E-state index contributed by atoms with van der Waals surface area (Å²) in [5.41, 5.74) is 5.88. The number of hydrogen-bond acceptors (Lipinski definition) is 4. The molecule has 0 radical (unpaired) electrons. The summed E-state index contributed by atoms with van der Waals surface area (Å²) in [5.74, 6) is 0.739. The highest BCUT2D eigenvalue weighted by Crippen LogP contribution is 2.22. The van der Waals surface area contributed by atoms with Gasteiger partial charge in [-0.15, -0.1) is 0 Å². The summed E-state index contributed by atoms with van der Waals surface area (Å²) in [7, 11) is 1.64. The van der Waals surface area contributed by atoms with Gasteiger partial charge in [0, 0.05) is 35.8 Å². The van der Waals surface area contributed by atoms with Crippen molar-refractivity contribution in [1.82, 2.24) is 15.3 Å². The molecule has 0 spiro atoms. The van der Waals surface area contributed by atoms with E-state index < -0.39 is 0 Å². The molecule has 1 amide bonds. The predicted octanol–water partition coefficient (Wildman–Crippen LogP) is 3.15. The number of nitrogens with one attached hydrogen (secondary N) is 2. The Morgan fingerprint density at radius 3 is 3.00 bits per heavy atom. The zero-order valence-electron chi connectivity index (χ0n) is 15.9. The van der Waals surface area contributed by atoms with Crippen LogP contribution in [0.2, 0.25) is 0 Å². The topological polar surface area (TPSA) is 69.7 Å². The number of carbonyl (C=O) groups excluding carboxylic acids is 1. The highest BCUT2D eigenvalue weighted by Gasteiger charge is 2.28. The fraction of sp³-hybridized carbons (Fsp3) is 0.273. The van der Waals surface area contributed by atoms with Gasteiger partial charge in [0.15, 0.2) is 0 Å². The molecule has 6 heteroatoms. The monoisotopic (exact) mass is 376 g/mol. The summed E-state index contributed by atoms with van der Waals surface area (Å²) in [5, 5.41) is 5.18. The van der Waals surface area contributed by atoms with E-state index in [4.69, 9.17) is 4.74 Å². The van der Waals surface area contributed by atoms with Crippen molar-refractivity contribution >= 4 is 23.0 Å². The first-order valence-electron chi connectivity index (χ1n) is 9.47. The number of fused-ring (bicyclic) bond motifs is 1. The minimum atomic E-state index is -0.0241. The van der Waals surface area contributed by atoms with Gasteiger partial charge in [-0.1, -0.05) is 30.3 Å². The van der Waals surface area contributed by atoms with Gasteiger partial charge < -0.3 is 9.72 Å². The van der Waals surface area contributed by atoms with Crippen LogP contribution in [0.4, 0.5) is 0 Å². The molecule has 28 heavy (non-hydrogen) atoms. The lowest BCUT2D eigenvalue weighted by molar-refractivity contribution is -0.124. The molecule has 1 atom stereocenters. The fourth-order valence-corrected chi connectivity index (χ4v) is 3.64. The Morgan fingerprint density at radius 2 is 2.18 bits per heavy atom. The van der Waals surface area contributed by atoms with E-state index in [2.05, 4.69) is 32.5 Å². The lowest BCUT2D eigenvalue weighted by Gasteiger charge is -2.15. The third-order valence-corrected chi connectivity index (χ3v) is 5.19. The largest absolute Gasteiger partial charge is 0.497 e. The first-order valence-corrected chi connectivity index (χ1v) is 9.47. The lowest BCUT2D eigenvalue weighted by atomic mass is 10.1. The second kappa shape index (κ2) is 8.27. The zero-order chi connectivity index (χ0) is 19.3. The van der Waals surface area contributed by atoms with E-state index in [1.54, 1.807) is 13.3 Å². The third-order valence-electron chi connectivity index (χ3n) is 5.19. The van der Waals surface area contributed by atoms with Crippen molar-refractivity contribution in [2.24, 2.45) is 11.0 Å². The summed E-state index contributed by atoms with van der Waals surface area (Å²) in [4.78, 5) is 18.0. The van der Waals surface area contributed by atoms with Crippen LogP contribution >= 0.6 is 0 Å². The maximum absolute atomic E-state index is 12.5. The number of amides is 1. The van der Waals surface area contributed by atoms with Gasteiger partial charge in [0.2, 0.25) is 5.91 Å². The number of hydrazone groups is 1. The molecule has 1 fully saturated rings. The molecule has 4 rings (SSSR count). The van der Waals surface area contributed by atoms with E-state index in [-0.39, 0.29) is 11.8 Å². The number of aromatic amines is 1. The van der Waals surface area contributed by atoms with Crippen LogP contribution in [0.15, 0.2) is 59.8 Å². The molecule has 1 aliphatic heterocycles. The zero-order valence-corrected chi connectivity index (χ0v) is 15.9. The van der Waals surface area contributed by atoms with Crippen molar-refractivity contribution in [3.63, 3.8) is 0 Å². The molecule has 2 heterocycles. The third kappa shape index (κ3) is 4.07. The van der Waals surface area contributed by atoms with Crippen LogP contribution in [-0.2, 0) is 11.3 Å². The summed E-state index contributed by atoms with van der Waals surface area (Å²) < 4.78 is 5.28. The molecule has 2 aromatic carbocycles. The van der Waals surface area contributed by atoms with Crippen LogP contribution in [0.5, 0.6) is 5.75 Å². The highest BCUT2D eigenvalue weighted by atomic mass is 16.5. The molecule has 0 aliphatic carbocycles. The van der Waals surface area contributed by atoms with Crippen molar-refractivity contribution in [2.75, 3.05) is 20.2 Å². The molecular formula is C22H24N4O2. The Bertz CT molecular complexity index is 981. The number of rotatable bonds is 6. The van der Waals surface area contributed by atoms with Crippen LogP contribution in [0, 0.1) is 5.92 Å². The molecule has 6 nitrogen and oxygen atoms in total. The van der Waals surface area contributed by atoms with Crippen LogP contribution in [0.1, 0.15) is 17.5 Å². The average molecular weight is 376 g/mol. The second-order valence-corrected chi connectivity index (χ2v) is 7.10. The summed E-state index contributed by atoms with van der Waals surface area (Å²) in [6.07, 6.45) is 4.41. The standard InChI is InChI=1S/C22H24N4O2/c1-28-19-7-8-21-20(11-19)18(12-23-21)13-24-25-22(27)17-9-10-26(15-17)14-16-5-3-2-4-6-16/h2-8,11-13,17,23H,9-10,14-15H2,1H3,(H,25,27)/b24-13+. The molecule has 2 N–H and O–H groups in total. The number of likely N-dealkylation sites (tertiary alicyclic amines) is 1. The molecule has 0 saturated carbocycles. The number of hydrogen-bond donors (Lipinski definition) is 2. The van der Waals surface area contributed by atoms with E-state index in [0.29, 0.717) is 0 Å². The van der Waals surface area contributed by atoms with Crippen LogP contribution in [0.25, 0.3) is 10.9 Å². The Hall–Kier alpha value is -3.12. The molecule has 3 aromatic rings. The van der Waals surface area contributed by atoms with Gasteiger partial charge in [0.25, 0.3) is 0 Å². The molecular weight excluding hydrogens is 352 g/mol. The van der Waals surface area contributed by atoms with Gasteiger partial charge in [0.1, 0.15) is 5.75 Å². The van der Waals surface area contributed by atoms with E-state index in [0.717, 1.165) is 48.3 Å². The maximum Gasteiger partial charge on any atom is 0.244 e. The van der Waals surface area contributed by atoms with Crippen LogP contribution in [-0.4, -0.2) is 42.2 Å². The van der Waals surface area contributed by atoms with Gasteiger partial charge in [-0.05, 0) is 36.7 Å². The van der Waals surface area contributed by atoms with Gasteiger partial charge >= 0.3 is 0 Å². The highest BCUT2D eigenvalue weighted by molar-refractivity contribution is 5.99. The molecule has 1 unspecified atom stereocenters. The van der Waals surface area contributed by atoms with Crippen molar-refractivity contribution in [1.29, 1.82) is 0 Å². The summed E-state index contributed by atoms with van der Waals surface area (Å²) in [6.45, 7) is 2.57. The van der Waals surface area contributed by atoms with Gasteiger partial charge in [-0.25, -0.2) is 5.43 Å². The molecule has 144 valence electrons. The van der Waals surface area contributed by atoms with Gasteiger partial charge in [-0.3, -0.25) is 9.69 Å². The number of benzene rings is 2. The van der Waals surface area contributed by atoms with Crippen molar-refractivity contribution in [3.05, 3.63) is 65.9 Å². The smallest absolute Gasteiger partial charge is 0.244 e. The number of carbonyl (C=O) groups is 1. The Balaban J connectivity index is 1.33. The number of ether oxygens (including phenoxy) is 1. The average Bonchev–Trinajstić information content (AvgIpc) is 3.35. The fourth-order valence-electron chi connectivity index (χ4n) is 3.64. The van der Waals surface area contributed by atoms with E-state index in [9.17, 15) is 4.79 Å². The minimum absolute atomic E-state index is 0.0239. The van der Waals surface area contributed by atoms with Gasteiger partial charge in [0.05, 0.1) is 19.2 Å². The maximum atomic E-state index is 12.5. The number of nitrogens with zero attached hydrogens (tertiary/aromatic N) is 2. The quantitative estimate of drug-likeness (QED) is 0.513. The molecule has 1 saturated heterocycles. The number of aromatic nitrogens is 1. The first-order chi connectivity index (χ1) is 13.7. The Labute approximate surface area is 164 Å². The summed E-state index contributed by atoms with van der Waals surface area (Å²) >= 11 is 0. The van der Waals surface area contributed by atoms with E-state index >= 15 is 0 Å². The minimum Gasteiger partial charge on any atom is -0.497 e. The van der Waals surface area contributed by atoms with Crippen LogP contribution < -0.4 is 10.2 Å². The van der Waals surface area contributed by atoms with Crippen molar-refractivity contribution < 1.29 is 9.53 Å². The van der Waals surface area contributed by atoms with E-state index in [1.807, 2.05) is 42.6 Å². The van der Waals surface area contributed by atoms with Crippen molar-refractivity contribution in [2.45, 2.75) is 13.0 Å². The second-order valence-electron chi connectivity index (χ2n) is 7.10. The van der Waals surface area contributed by atoms with Crippen LogP contribution in [0.3, 0.4) is 0 Å². The van der Waals surface area contributed by atoms with Crippen molar-refractivity contribution in [3.8, 4) is 5.75 Å². The lowest BCUT2D eigenvalue weighted by Crippen LogP contribution is -2.29. The Kier molecular flexibility index (Phi) is 5.39. The first kappa shape index (κ1) is 18.3. The SMILES string of the molecule is COc1ccc2[nH]cc(/C=N/NC(=O)C3CCN(Cc4ccccc4)C3)c2c1. The summed E-state index contributed by atoms with van der Waals surface area (Å²) in [6, 6.07) is 16.2. The number of H-pyrrole nitrogens is 1. The molecule has 0 bridgehead atoms. The Morgan fingerprint density at radius 1 is 1.32 bits per heavy atom. The normalized spacial score (nSPS) is 17.4. The molecule has 1 aliphatic rings. The van der Waals surface area contributed by atoms with Gasteiger partial charge in [-0.2, -0.15) is 5.10 Å².